The van der Waals surface area contributed by atoms with E-state index in [1.807, 2.05) is 19.1 Å². The van der Waals surface area contributed by atoms with E-state index in [1.165, 1.54) is 6.07 Å². The van der Waals surface area contributed by atoms with Crippen LogP contribution in [0.15, 0.2) is 45.8 Å². The summed E-state index contributed by atoms with van der Waals surface area (Å²) in [5.41, 5.74) is 9.24. The Morgan fingerprint density at radius 3 is 2.47 bits per heavy atom. The molecular formula is C11H9N3O2S. The summed E-state index contributed by atoms with van der Waals surface area (Å²) in [6, 6.07) is 10.3. The number of benzene rings is 2. The average molecular weight is 247 g/mol. The fourth-order valence-corrected chi connectivity index (χ4v) is 2.65. The molecule has 2 rings (SSSR count). The zero-order valence-corrected chi connectivity index (χ0v) is 9.85. The third-order valence-corrected chi connectivity index (χ3v) is 3.72. The van der Waals surface area contributed by atoms with Crippen molar-refractivity contribution in [3.63, 3.8) is 0 Å². The van der Waals surface area contributed by atoms with Crippen molar-refractivity contribution in [1.82, 2.24) is 0 Å². The van der Waals surface area contributed by atoms with Gasteiger partial charge in [0.25, 0.3) is 10.0 Å². The molecule has 0 heterocycles. The lowest BCUT2D eigenvalue weighted by molar-refractivity contribution is 0.598. The van der Waals surface area contributed by atoms with Crippen LogP contribution in [0.25, 0.3) is 21.2 Å². The van der Waals surface area contributed by atoms with E-state index in [2.05, 4.69) is 9.43 Å². The van der Waals surface area contributed by atoms with Gasteiger partial charge in [0.15, 0.2) is 0 Å². The monoisotopic (exact) mass is 247 g/mol. The second-order valence-corrected chi connectivity index (χ2v) is 5.13. The molecule has 0 spiro atoms. The van der Waals surface area contributed by atoms with Crippen LogP contribution in [0.3, 0.4) is 0 Å². The molecule has 0 aliphatic carbocycles. The van der Waals surface area contributed by atoms with Gasteiger partial charge in [0.05, 0.1) is 4.90 Å². The number of aryl methyl sites for hydroxylation is 1. The lowest BCUT2D eigenvalue weighted by atomic mass is 10.1. The van der Waals surface area contributed by atoms with Gasteiger partial charge in [-0.1, -0.05) is 30.3 Å². The SMILES string of the molecule is Cc1cccc2c(S(=O)(=O)N=[N+]=[N-])cccc12. The predicted octanol–water partition coefficient (Wildman–Crippen LogP) is 3.15. The molecule has 86 valence electrons. The molecule has 17 heavy (non-hydrogen) atoms. The first-order chi connectivity index (χ1) is 8.06. The Kier molecular flexibility index (Phi) is 2.75. The minimum Gasteiger partial charge on any atom is -0.216 e. The van der Waals surface area contributed by atoms with Crippen molar-refractivity contribution in [2.45, 2.75) is 11.8 Å². The zero-order valence-electron chi connectivity index (χ0n) is 9.03. The number of sulfonamides is 1. The Morgan fingerprint density at radius 1 is 1.12 bits per heavy atom. The van der Waals surface area contributed by atoms with Gasteiger partial charge in [-0.2, -0.15) is 0 Å². The maximum absolute atomic E-state index is 11.7. The summed E-state index contributed by atoms with van der Waals surface area (Å²) in [6.07, 6.45) is 0. The van der Waals surface area contributed by atoms with Crippen molar-refractivity contribution < 1.29 is 8.42 Å². The number of fused-ring (bicyclic) bond motifs is 1. The third kappa shape index (κ3) is 1.95. The molecule has 0 amide bonds. The minimum atomic E-state index is -3.95. The van der Waals surface area contributed by atoms with E-state index in [1.54, 1.807) is 18.2 Å². The first-order valence-electron chi connectivity index (χ1n) is 4.86. The molecule has 0 N–H and O–H groups in total. The van der Waals surface area contributed by atoms with Crippen LogP contribution in [0.5, 0.6) is 0 Å². The highest BCUT2D eigenvalue weighted by Gasteiger charge is 2.15. The van der Waals surface area contributed by atoms with Crippen molar-refractivity contribution in [1.29, 1.82) is 0 Å². The summed E-state index contributed by atoms with van der Waals surface area (Å²) in [6.45, 7) is 1.90. The van der Waals surface area contributed by atoms with Crippen LogP contribution in [0.2, 0.25) is 0 Å². The van der Waals surface area contributed by atoms with Crippen molar-refractivity contribution in [3.8, 4) is 0 Å². The van der Waals surface area contributed by atoms with E-state index in [4.69, 9.17) is 5.53 Å². The van der Waals surface area contributed by atoms with Crippen LogP contribution in [-0.2, 0) is 10.0 Å². The first kappa shape index (κ1) is 11.4. The lowest BCUT2D eigenvalue weighted by Gasteiger charge is -2.05. The highest BCUT2D eigenvalue weighted by Crippen LogP contribution is 2.26. The van der Waals surface area contributed by atoms with Crippen LogP contribution >= 0.6 is 0 Å². The van der Waals surface area contributed by atoms with Crippen LogP contribution in [0.4, 0.5) is 0 Å². The standard InChI is InChI=1S/C11H9N3O2S/c1-8-4-2-6-10-9(8)5-3-7-11(10)17(15,16)14-13-12/h2-7H,1H3. The van der Waals surface area contributed by atoms with Gasteiger partial charge in [-0.05, 0) is 29.5 Å². The van der Waals surface area contributed by atoms with Crippen molar-refractivity contribution in [3.05, 3.63) is 52.4 Å². The van der Waals surface area contributed by atoms with E-state index in [0.29, 0.717) is 5.39 Å². The van der Waals surface area contributed by atoms with Crippen molar-refractivity contribution in [2.24, 2.45) is 4.52 Å². The van der Waals surface area contributed by atoms with Gasteiger partial charge in [0.2, 0.25) is 0 Å². The molecule has 0 saturated carbocycles. The Labute approximate surface area is 98.4 Å². The summed E-state index contributed by atoms with van der Waals surface area (Å²) >= 11 is 0. The maximum Gasteiger partial charge on any atom is 0.264 e. The Bertz CT molecular complexity index is 731. The normalized spacial score (nSPS) is 11.1. The average Bonchev–Trinajstić information content (AvgIpc) is 2.29. The molecule has 0 aliphatic rings. The molecule has 0 aromatic heterocycles. The highest BCUT2D eigenvalue weighted by molar-refractivity contribution is 7.90. The lowest BCUT2D eigenvalue weighted by Crippen LogP contribution is -1.96. The van der Waals surface area contributed by atoms with Gasteiger partial charge in [-0.25, -0.2) is 8.42 Å². The van der Waals surface area contributed by atoms with E-state index in [-0.39, 0.29) is 4.90 Å². The molecular weight excluding hydrogens is 238 g/mol. The van der Waals surface area contributed by atoms with Crippen LogP contribution < -0.4 is 0 Å². The second kappa shape index (κ2) is 4.08. The molecule has 0 fully saturated rings. The molecule has 0 unspecified atom stereocenters. The highest BCUT2D eigenvalue weighted by atomic mass is 32.2. The second-order valence-electron chi connectivity index (χ2n) is 3.57. The predicted molar refractivity (Wildman–Crippen MR) is 65.0 cm³/mol. The fourth-order valence-electron chi connectivity index (χ4n) is 1.76. The topological polar surface area (TPSA) is 82.9 Å². The van der Waals surface area contributed by atoms with E-state index in [0.717, 1.165) is 10.9 Å². The number of hydrogen-bond acceptors (Lipinski definition) is 2. The Balaban J connectivity index is 2.90. The molecule has 0 aliphatic heterocycles. The van der Waals surface area contributed by atoms with Crippen LogP contribution in [0.1, 0.15) is 5.56 Å². The van der Waals surface area contributed by atoms with Gasteiger partial charge >= 0.3 is 0 Å². The quantitative estimate of drug-likeness (QED) is 0.464. The van der Waals surface area contributed by atoms with Gasteiger partial charge in [-0.3, -0.25) is 0 Å². The van der Waals surface area contributed by atoms with Crippen LogP contribution in [0, 0.1) is 6.92 Å². The van der Waals surface area contributed by atoms with Crippen LogP contribution in [-0.4, -0.2) is 8.42 Å². The summed E-state index contributed by atoms with van der Waals surface area (Å²) < 4.78 is 26.3. The molecule has 2 aromatic rings. The third-order valence-electron chi connectivity index (χ3n) is 2.52. The van der Waals surface area contributed by atoms with Gasteiger partial charge in [0.1, 0.15) is 0 Å². The fraction of sp³-hybridized carbons (Fsp3) is 0.0909. The van der Waals surface area contributed by atoms with E-state index >= 15 is 0 Å². The van der Waals surface area contributed by atoms with Gasteiger partial charge < -0.3 is 0 Å². The Morgan fingerprint density at radius 2 is 1.76 bits per heavy atom. The summed E-state index contributed by atoms with van der Waals surface area (Å²) in [5, 5.41) is 1.40. The smallest absolute Gasteiger partial charge is 0.216 e. The van der Waals surface area contributed by atoms with Crippen molar-refractivity contribution >= 4 is 20.8 Å². The Hall–Kier alpha value is -2.04. The summed E-state index contributed by atoms with van der Waals surface area (Å²) in [4.78, 5) is 2.39. The number of rotatable bonds is 2. The minimum absolute atomic E-state index is 0.0384. The summed E-state index contributed by atoms with van der Waals surface area (Å²) in [5.74, 6) is 0. The zero-order chi connectivity index (χ0) is 12.5. The number of hydrogen-bond donors (Lipinski definition) is 0. The van der Waals surface area contributed by atoms with E-state index < -0.39 is 10.0 Å². The molecule has 0 radical (unpaired) electrons. The molecule has 2 aromatic carbocycles. The van der Waals surface area contributed by atoms with Gasteiger partial charge in [0, 0.05) is 14.8 Å². The number of nitrogens with zero attached hydrogens (tertiary/aromatic N) is 3. The van der Waals surface area contributed by atoms with Crippen molar-refractivity contribution in [2.75, 3.05) is 0 Å². The van der Waals surface area contributed by atoms with Gasteiger partial charge in [-0.15, -0.1) is 0 Å². The maximum atomic E-state index is 11.7. The first-order valence-corrected chi connectivity index (χ1v) is 6.30. The molecule has 5 nitrogen and oxygen atoms in total. The molecule has 0 atom stereocenters. The molecule has 6 heteroatoms. The largest absolute Gasteiger partial charge is 0.264 e. The molecule has 0 bridgehead atoms. The summed E-state index contributed by atoms with van der Waals surface area (Å²) in [7, 11) is -3.95. The van der Waals surface area contributed by atoms with E-state index in [9.17, 15) is 8.42 Å². The molecule has 0 saturated heterocycles. The number of azide groups is 1.